The standard InChI is InChI=1S/C16H18ClFN2O/c1-3-14(15-7-5-11(18)10-19-15)20-12-6-8-16(21-4-2)13(17)9-12/h5-10,14,20H,3-4H2,1-2H3. The van der Waals surface area contributed by atoms with Crippen molar-refractivity contribution < 1.29 is 9.13 Å². The van der Waals surface area contributed by atoms with Gasteiger partial charge in [0.2, 0.25) is 0 Å². The number of nitrogens with one attached hydrogen (secondary N) is 1. The van der Waals surface area contributed by atoms with Crippen molar-refractivity contribution in [3.8, 4) is 5.75 Å². The summed E-state index contributed by atoms with van der Waals surface area (Å²) in [4.78, 5) is 4.12. The number of aromatic nitrogens is 1. The van der Waals surface area contributed by atoms with Gasteiger partial charge in [-0.05, 0) is 43.7 Å². The predicted molar refractivity (Wildman–Crippen MR) is 83.5 cm³/mol. The molecule has 2 rings (SSSR count). The van der Waals surface area contributed by atoms with Crippen LogP contribution in [0.5, 0.6) is 5.75 Å². The van der Waals surface area contributed by atoms with E-state index in [4.69, 9.17) is 16.3 Å². The van der Waals surface area contributed by atoms with E-state index in [1.165, 1.54) is 12.3 Å². The van der Waals surface area contributed by atoms with E-state index in [-0.39, 0.29) is 11.9 Å². The summed E-state index contributed by atoms with van der Waals surface area (Å²) in [6.45, 7) is 4.53. The van der Waals surface area contributed by atoms with Gasteiger partial charge < -0.3 is 10.1 Å². The Bertz CT molecular complexity index is 589. The van der Waals surface area contributed by atoms with E-state index in [0.29, 0.717) is 17.4 Å². The Kier molecular flexibility index (Phi) is 5.39. The Balaban J connectivity index is 2.15. The fourth-order valence-corrected chi connectivity index (χ4v) is 2.28. The molecule has 1 heterocycles. The SMILES string of the molecule is CCOc1ccc(NC(CC)c2ccc(F)cn2)cc1Cl. The summed E-state index contributed by atoms with van der Waals surface area (Å²) in [5.41, 5.74) is 1.67. The van der Waals surface area contributed by atoms with Crippen molar-refractivity contribution in [3.63, 3.8) is 0 Å². The summed E-state index contributed by atoms with van der Waals surface area (Å²) in [5.74, 6) is 0.329. The molecule has 0 radical (unpaired) electrons. The molecule has 1 aromatic heterocycles. The number of hydrogen-bond acceptors (Lipinski definition) is 3. The molecule has 1 aromatic carbocycles. The Morgan fingerprint density at radius 3 is 2.67 bits per heavy atom. The van der Waals surface area contributed by atoms with E-state index >= 15 is 0 Å². The van der Waals surface area contributed by atoms with Gasteiger partial charge in [-0.3, -0.25) is 4.98 Å². The van der Waals surface area contributed by atoms with Crippen molar-refractivity contribution >= 4 is 17.3 Å². The normalized spacial score (nSPS) is 12.0. The maximum atomic E-state index is 12.9. The van der Waals surface area contributed by atoms with Crippen LogP contribution in [0.2, 0.25) is 5.02 Å². The smallest absolute Gasteiger partial charge is 0.141 e. The van der Waals surface area contributed by atoms with Gasteiger partial charge in [0.15, 0.2) is 0 Å². The maximum absolute atomic E-state index is 12.9. The number of rotatable bonds is 6. The average Bonchev–Trinajstić information content (AvgIpc) is 2.48. The Hall–Kier alpha value is -1.81. The quantitative estimate of drug-likeness (QED) is 0.829. The van der Waals surface area contributed by atoms with Crippen LogP contribution in [-0.4, -0.2) is 11.6 Å². The molecule has 1 N–H and O–H groups in total. The van der Waals surface area contributed by atoms with Crippen LogP contribution in [0.4, 0.5) is 10.1 Å². The van der Waals surface area contributed by atoms with Gasteiger partial charge in [0.25, 0.3) is 0 Å². The lowest BCUT2D eigenvalue weighted by molar-refractivity contribution is 0.340. The van der Waals surface area contributed by atoms with Crippen molar-refractivity contribution in [3.05, 3.63) is 53.1 Å². The molecule has 0 saturated heterocycles. The second kappa shape index (κ2) is 7.27. The summed E-state index contributed by atoms with van der Waals surface area (Å²) in [6.07, 6.45) is 2.05. The number of hydrogen-bond donors (Lipinski definition) is 1. The highest BCUT2D eigenvalue weighted by atomic mass is 35.5. The molecule has 0 saturated carbocycles. The van der Waals surface area contributed by atoms with E-state index in [1.807, 2.05) is 32.0 Å². The minimum absolute atomic E-state index is 0.000361. The molecule has 5 heteroatoms. The number of ether oxygens (including phenoxy) is 1. The number of pyridine rings is 1. The van der Waals surface area contributed by atoms with Gasteiger partial charge in [-0.2, -0.15) is 0 Å². The van der Waals surface area contributed by atoms with Crippen LogP contribution >= 0.6 is 11.6 Å². The van der Waals surface area contributed by atoms with Gasteiger partial charge in [-0.1, -0.05) is 18.5 Å². The largest absolute Gasteiger partial charge is 0.492 e. The first-order valence-corrected chi connectivity index (χ1v) is 7.32. The molecule has 1 atom stereocenters. The third-order valence-corrected chi connectivity index (χ3v) is 3.38. The molecule has 0 aliphatic rings. The van der Waals surface area contributed by atoms with Crippen LogP contribution in [0, 0.1) is 5.82 Å². The lowest BCUT2D eigenvalue weighted by Gasteiger charge is -2.18. The lowest BCUT2D eigenvalue weighted by atomic mass is 10.1. The predicted octanol–water partition coefficient (Wildman–Crippen LogP) is 4.84. The van der Waals surface area contributed by atoms with Crippen molar-refractivity contribution in [2.75, 3.05) is 11.9 Å². The summed E-state index contributed by atoms with van der Waals surface area (Å²) in [6, 6.07) is 8.66. The molecule has 112 valence electrons. The number of anilines is 1. The summed E-state index contributed by atoms with van der Waals surface area (Å²) >= 11 is 6.17. The van der Waals surface area contributed by atoms with Crippen LogP contribution in [0.15, 0.2) is 36.5 Å². The van der Waals surface area contributed by atoms with Gasteiger partial charge in [0, 0.05) is 5.69 Å². The lowest BCUT2D eigenvalue weighted by Crippen LogP contribution is -2.11. The monoisotopic (exact) mass is 308 g/mol. The number of nitrogens with zero attached hydrogens (tertiary/aromatic N) is 1. The minimum Gasteiger partial charge on any atom is -0.492 e. The second-order valence-corrected chi connectivity index (χ2v) is 4.99. The Morgan fingerprint density at radius 1 is 1.29 bits per heavy atom. The first-order valence-electron chi connectivity index (χ1n) is 6.94. The molecule has 0 spiro atoms. The van der Waals surface area contributed by atoms with Crippen LogP contribution in [-0.2, 0) is 0 Å². The first kappa shape index (κ1) is 15.6. The van der Waals surface area contributed by atoms with Crippen LogP contribution in [0.1, 0.15) is 32.0 Å². The summed E-state index contributed by atoms with van der Waals surface area (Å²) < 4.78 is 18.3. The summed E-state index contributed by atoms with van der Waals surface area (Å²) in [7, 11) is 0. The Morgan fingerprint density at radius 2 is 2.10 bits per heavy atom. The molecule has 21 heavy (non-hydrogen) atoms. The topological polar surface area (TPSA) is 34.1 Å². The summed E-state index contributed by atoms with van der Waals surface area (Å²) in [5, 5.41) is 3.91. The maximum Gasteiger partial charge on any atom is 0.141 e. The molecule has 0 aliphatic carbocycles. The first-order chi connectivity index (χ1) is 10.1. The van der Waals surface area contributed by atoms with E-state index in [1.54, 1.807) is 6.07 Å². The van der Waals surface area contributed by atoms with Crippen LogP contribution in [0.25, 0.3) is 0 Å². The van der Waals surface area contributed by atoms with Gasteiger partial charge in [-0.15, -0.1) is 0 Å². The molecule has 0 aliphatic heterocycles. The zero-order valence-electron chi connectivity index (χ0n) is 12.1. The van der Waals surface area contributed by atoms with Gasteiger partial charge in [0.1, 0.15) is 11.6 Å². The fraction of sp³-hybridized carbons (Fsp3) is 0.312. The highest BCUT2D eigenvalue weighted by molar-refractivity contribution is 6.32. The van der Waals surface area contributed by atoms with E-state index in [0.717, 1.165) is 17.8 Å². The van der Waals surface area contributed by atoms with E-state index < -0.39 is 0 Å². The average molecular weight is 309 g/mol. The molecule has 3 nitrogen and oxygen atoms in total. The number of benzene rings is 1. The molecule has 0 fully saturated rings. The van der Waals surface area contributed by atoms with E-state index in [9.17, 15) is 4.39 Å². The fourth-order valence-electron chi connectivity index (χ4n) is 2.04. The van der Waals surface area contributed by atoms with Crippen molar-refractivity contribution in [2.45, 2.75) is 26.3 Å². The zero-order chi connectivity index (χ0) is 15.2. The highest BCUT2D eigenvalue weighted by Crippen LogP contribution is 2.30. The zero-order valence-corrected chi connectivity index (χ0v) is 12.8. The molecule has 1 unspecified atom stereocenters. The molecule has 0 bridgehead atoms. The molecule has 0 amide bonds. The highest BCUT2D eigenvalue weighted by Gasteiger charge is 2.12. The minimum atomic E-state index is -0.335. The van der Waals surface area contributed by atoms with Gasteiger partial charge >= 0.3 is 0 Å². The van der Waals surface area contributed by atoms with Crippen molar-refractivity contribution in [2.24, 2.45) is 0 Å². The van der Waals surface area contributed by atoms with Crippen molar-refractivity contribution in [1.29, 1.82) is 0 Å². The Labute approximate surface area is 129 Å². The molecule has 2 aromatic rings. The van der Waals surface area contributed by atoms with Gasteiger partial charge in [0.05, 0.1) is 29.6 Å². The molecular weight excluding hydrogens is 291 g/mol. The second-order valence-electron chi connectivity index (χ2n) is 4.58. The van der Waals surface area contributed by atoms with E-state index in [2.05, 4.69) is 10.3 Å². The van der Waals surface area contributed by atoms with Crippen LogP contribution < -0.4 is 10.1 Å². The van der Waals surface area contributed by atoms with Crippen molar-refractivity contribution in [1.82, 2.24) is 4.98 Å². The van der Waals surface area contributed by atoms with Crippen LogP contribution in [0.3, 0.4) is 0 Å². The third-order valence-electron chi connectivity index (χ3n) is 3.09. The third kappa shape index (κ3) is 4.08. The molecular formula is C16H18ClFN2O. The number of halogens is 2. The van der Waals surface area contributed by atoms with Gasteiger partial charge in [-0.25, -0.2) is 4.39 Å².